The molecule has 1 aliphatic carbocycles. The van der Waals surface area contributed by atoms with Crippen LogP contribution in [0.25, 0.3) is 0 Å². The Balaban J connectivity index is 1.49. The molecule has 1 aliphatic heterocycles. The van der Waals surface area contributed by atoms with Gasteiger partial charge in [0.1, 0.15) is 5.82 Å². The fraction of sp³-hybridized carbons (Fsp3) is 0.455. The van der Waals surface area contributed by atoms with E-state index in [1.807, 2.05) is 29.2 Å². The second-order valence-corrected chi connectivity index (χ2v) is 7.61. The lowest BCUT2D eigenvalue weighted by atomic mass is 9.88. The van der Waals surface area contributed by atoms with Gasteiger partial charge in [-0.3, -0.25) is 9.78 Å². The van der Waals surface area contributed by atoms with Gasteiger partial charge in [0.25, 0.3) is 0 Å². The van der Waals surface area contributed by atoms with E-state index in [-0.39, 0.29) is 29.6 Å². The molecule has 0 unspecified atom stereocenters. The summed E-state index contributed by atoms with van der Waals surface area (Å²) < 4.78 is 18.8. The molecule has 2 fully saturated rings. The first kappa shape index (κ1) is 19.0. The van der Waals surface area contributed by atoms with E-state index in [9.17, 15) is 9.18 Å². The average Bonchev–Trinajstić information content (AvgIpc) is 3.18. The van der Waals surface area contributed by atoms with Crippen LogP contribution in [-0.4, -0.2) is 48.1 Å². The topological polar surface area (TPSA) is 54.5 Å². The van der Waals surface area contributed by atoms with E-state index in [2.05, 4.69) is 10.3 Å². The zero-order valence-electron chi connectivity index (χ0n) is 15.9. The van der Waals surface area contributed by atoms with Crippen LogP contribution < -0.4 is 5.32 Å². The number of ether oxygens (including phenoxy) is 1. The van der Waals surface area contributed by atoms with Crippen molar-refractivity contribution in [2.45, 2.75) is 31.3 Å². The van der Waals surface area contributed by atoms with Gasteiger partial charge in [0.2, 0.25) is 5.91 Å². The SMILES string of the molecule is O=C([C@H]1C[C@@H](NCc2ccncc2)C[C@@H]1c1ccc(F)cc1)N1CCOCC1. The normalized spacial score (nSPS) is 25.0. The van der Waals surface area contributed by atoms with Crippen LogP contribution in [0.1, 0.15) is 29.9 Å². The fourth-order valence-corrected chi connectivity index (χ4v) is 4.34. The van der Waals surface area contributed by atoms with Gasteiger partial charge in [-0.25, -0.2) is 4.39 Å². The largest absolute Gasteiger partial charge is 0.378 e. The number of nitrogens with one attached hydrogen (secondary N) is 1. The minimum atomic E-state index is -0.245. The molecular weight excluding hydrogens is 357 g/mol. The molecule has 3 atom stereocenters. The number of amides is 1. The van der Waals surface area contributed by atoms with E-state index < -0.39 is 0 Å². The summed E-state index contributed by atoms with van der Waals surface area (Å²) in [6, 6.07) is 10.9. The van der Waals surface area contributed by atoms with E-state index in [1.165, 1.54) is 17.7 Å². The number of carbonyl (C=O) groups excluding carboxylic acids is 1. The van der Waals surface area contributed by atoms with Crippen LogP contribution in [0.4, 0.5) is 4.39 Å². The second-order valence-electron chi connectivity index (χ2n) is 7.61. The highest BCUT2D eigenvalue weighted by Gasteiger charge is 2.41. The number of benzene rings is 1. The average molecular weight is 383 g/mol. The Morgan fingerprint density at radius 3 is 2.54 bits per heavy atom. The highest BCUT2D eigenvalue weighted by Crippen LogP contribution is 2.41. The van der Waals surface area contributed by atoms with Crippen LogP contribution in [0, 0.1) is 11.7 Å². The molecule has 1 aromatic carbocycles. The summed E-state index contributed by atoms with van der Waals surface area (Å²) in [4.78, 5) is 19.2. The van der Waals surface area contributed by atoms with Gasteiger partial charge < -0.3 is 15.0 Å². The third kappa shape index (κ3) is 4.39. The first-order chi connectivity index (χ1) is 13.7. The van der Waals surface area contributed by atoms with Crippen LogP contribution in [0.2, 0.25) is 0 Å². The molecule has 148 valence electrons. The van der Waals surface area contributed by atoms with Crippen LogP contribution in [-0.2, 0) is 16.1 Å². The van der Waals surface area contributed by atoms with Gasteiger partial charge >= 0.3 is 0 Å². The van der Waals surface area contributed by atoms with Gasteiger partial charge in [-0.2, -0.15) is 0 Å². The summed E-state index contributed by atoms with van der Waals surface area (Å²) in [6.07, 6.45) is 5.25. The smallest absolute Gasteiger partial charge is 0.226 e. The second kappa shape index (κ2) is 8.80. The summed E-state index contributed by atoms with van der Waals surface area (Å²) in [5.74, 6) is -0.0274. The summed E-state index contributed by atoms with van der Waals surface area (Å²) in [5.41, 5.74) is 2.22. The molecule has 28 heavy (non-hydrogen) atoms. The van der Waals surface area contributed by atoms with Crippen molar-refractivity contribution in [3.05, 3.63) is 65.7 Å². The molecule has 0 radical (unpaired) electrons. The molecule has 2 aliphatic rings. The van der Waals surface area contributed by atoms with Gasteiger partial charge in [0, 0.05) is 44.0 Å². The minimum Gasteiger partial charge on any atom is -0.378 e. The highest BCUT2D eigenvalue weighted by molar-refractivity contribution is 5.80. The van der Waals surface area contributed by atoms with Crippen molar-refractivity contribution in [1.82, 2.24) is 15.2 Å². The molecule has 1 amide bonds. The molecule has 0 spiro atoms. The van der Waals surface area contributed by atoms with E-state index in [1.54, 1.807) is 12.4 Å². The van der Waals surface area contributed by atoms with Crippen LogP contribution in [0.5, 0.6) is 0 Å². The minimum absolute atomic E-state index is 0.0847. The summed E-state index contributed by atoms with van der Waals surface area (Å²) in [6.45, 7) is 3.26. The van der Waals surface area contributed by atoms with Crippen LogP contribution >= 0.6 is 0 Å². The fourth-order valence-electron chi connectivity index (χ4n) is 4.34. The molecule has 0 bridgehead atoms. The molecular formula is C22H26FN3O2. The van der Waals surface area contributed by atoms with Crippen molar-refractivity contribution in [3.63, 3.8) is 0 Å². The third-order valence-electron chi connectivity index (χ3n) is 5.84. The molecule has 1 N–H and O–H groups in total. The number of carbonyl (C=O) groups is 1. The number of rotatable bonds is 5. The van der Waals surface area contributed by atoms with Crippen molar-refractivity contribution in [1.29, 1.82) is 0 Å². The Morgan fingerprint density at radius 1 is 1.11 bits per heavy atom. The predicted molar refractivity (Wildman–Crippen MR) is 104 cm³/mol. The van der Waals surface area contributed by atoms with Crippen molar-refractivity contribution >= 4 is 5.91 Å². The molecule has 5 nitrogen and oxygen atoms in total. The molecule has 4 rings (SSSR count). The molecule has 6 heteroatoms. The number of nitrogens with zero attached hydrogens (tertiary/aromatic N) is 2. The number of hydrogen-bond donors (Lipinski definition) is 1. The number of morpholine rings is 1. The van der Waals surface area contributed by atoms with Crippen molar-refractivity contribution < 1.29 is 13.9 Å². The summed E-state index contributed by atoms with van der Waals surface area (Å²) in [5, 5.41) is 3.60. The Morgan fingerprint density at radius 2 is 1.82 bits per heavy atom. The van der Waals surface area contributed by atoms with E-state index >= 15 is 0 Å². The lowest BCUT2D eigenvalue weighted by Crippen LogP contribution is -2.44. The maximum absolute atomic E-state index is 13.4. The zero-order chi connectivity index (χ0) is 19.3. The van der Waals surface area contributed by atoms with E-state index in [0.29, 0.717) is 26.3 Å². The molecule has 2 aromatic rings. The van der Waals surface area contributed by atoms with Gasteiger partial charge in [-0.05, 0) is 54.2 Å². The quantitative estimate of drug-likeness (QED) is 0.863. The number of hydrogen-bond acceptors (Lipinski definition) is 4. The Bertz CT molecular complexity index is 778. The molecule has 1 saturated heterocycles. The molecule has 2 heterocycles. The Kier molecular flexibility index (Phi) is 5.98. The standard InChI is InChI=1S/C22H26FN3O2/c23-18-3-1-17(2-4-18)20-13-19(25-15-16-5-7-24-8-6-16)14-21(20)22(27)26-9-11-28-12-10-26/h1-8,19-21,25H,9-15H2/t19-,20+,21-/m0/s1. The molecule has 1 aromatic heterocycles. The van der Waals surface area contributed by atoms with Gasteiger partial charge in [0.15, 0.2) is 0 Å². The van der Waals surface area contributed by atoms with E-state index in [0.717, 1.165) is 24.9 Å². The van der Waals surface area contributed by atoms with E-state index in [4.69, 9.17) is 4.74 Å². The predicted octanol–water partition coefficient (Wildman–Crippen LogP) is 2.73. The number of aromatic nitrogens is 1. The molecule has 1 saturated carbocycles. The number of halogens is 1. The van der Waals surface area contributed by atoms with Crippen LogP contribution in [0.3, 0.4) is 0 Å². The number of pyridine rings is 1. The lowest BCUT2D eigenvalue weighted by Gasteiger charge is -2.31. The highest BCUT2D eigenvalue weighted by atomic mass is 19.1. The van der Waals surface area contributed by atoms with Gasteiger partial charge in [0.05, 0.1) is 13.2 Å². The Hall–Kier alpha value is -2.31. The maximum atomic E-state index is 13.4. The first-order valence-corrected chi connectivity index (χ1v) is 9.95. The lowest BCUT2D eigenvalue weighted by molar-refractivity contribution is -0.140. The van der Waals surface area contributed by atoms with Crippen molar-refractivity contribution in [2.24, 2.45) is 5.92 Å². The summed E-state index contributed by atoms with van der Waals surface area (Å²) >= 11 is 0. The maximum Gasteiger partial charge on any atom is 0.226 e. The van der Waals surface area contributed by atoms with Crippen LogP contribution in [0.15, 0.2) is 48.8 Å². The van der Waals surface area contributed by atoms with Gasteiger partial charge in [-0.1, -0.05) is 12.1 Å². The summed E-state index contributed by atoms with van der Waals surface area (Å²) in [7, 11) is 0. The van der Waals surface area contributed by atoms with Gasteiger partial charge in [-0.15, -0.1) is 0 Å². The van der Waals surface area contributed by atoms with Crippen molar-refractivity contribution in [2.75, 3.05) is 26.3 Å². The zero-order valence-corrected chi connectivity index (χ0v) is 15.9. The first-order valence-electron chi connectivity index (χ1n) is 9.95. The van der Waals surface area contributed by atoms with Crippen molar-refractivity contribution in [3.8, 4) is 0 Å². The third-order valence-corrected chi connectivity index (χ3v) is 5.84. The Labute approximate surface area is 164 Å². The monoisotopic (exact) mass is 383 g/mol.